The largest absolute Gasteiger partial charge is 0.0999 e. The highest BCUT2D eigenvalue weighted by Crippen LogP contribution is 2.02. The molecule has 0 unspecified atom stereocenters. The van der Waals surface area contributed by atoms with E-state index in [9.17, 15) is 0 Å². The van der Waals surface area contributed by atoms with Gasteiger partial charge in [-0.25, -0.2) is 0 Å². The van der Waals surface area contributed by atoms with Gasteiger partial charge in [0, 0.05) is 0 Å². The Morgan fingerprint density at radius 3 is 1.33 bits per heavy atom. The van der Waals surface area contributed by atoms with Gasteiger partial charge in [-0.15, -0.1) is 0 Å². The van der Waals surface area contributed by atoms with E-state index in [0.717, 1.165) is 12.8 Å². The van der Waals surface area contributed by atoms with Crippen LogP contribution in [0.3, 0.4) is 0 Å². The molecule has 0 heteroatoms. The first-order chi connectivity index (χ1) is 5.45. The summed E-state index contributed by atoms with van der Waals surface area (Å²) in [5.74, 6) is 0.657. The molecule has 0 saturated carbocycles. The molecule has 0 N–H and O–H groups in total. The monoisotopic (exact) mass is 168 g/mol. The van der Waals surface area contributed by atoms with Gasteiger partial charge in [-0.1, -0.05) is 52.0 Å². The third-order valence-electron chi connectivity index (χ3n) is 1.99. The minimum atomic E-state index is 0.657. The zero-order chi connectivity index (χ0) is 10.1. The zero-order valence-electron chi connectivity index (χ0n) is 9.41. The molecule has 0 atom stereocenters. The van der Waals surface area contributed by atoms with Crippen LogP contribution in [0.2, 0.25) is 0 Å². The summed E-state index contributed by atoms with van der Waals surface area (Å²) in [5, 5.41) is 0. The molecule has 0 saturated heterocycles. The number of allylic oxidation sites excluding steroid dienone is 2. The molecule has 0 aliphatic carbocycles. The lowest BCUT2D eigenvalue weighted by Gasteiger charge is -1.97. The normalized spacial score (nSPS) is 8.83. The smallest absolute Gasteiger partial charge is 0.0266 e. The minimum Gasteiger partial charge on any atom is -0.0999 e. The van der Waals surface area contributed by atoms with Gasteiger partial charge in [0.15, 0.2) is 0 Å². The molecule has 0 nitrogen and oxygen atoms in total. The van der Waals surface area contributed by atoms with Crippen LogP contribution in [0.5, 0.6) is 0 Å². The van der Waals surface area contributed by atoms with Crippen molar-refractivity contribution in [3.05, 3.63) is 24.3 Å². The Labute approximate surface area is 78.4 Å². The summed E-state index contributed by atoms with van der Waals surface area (Å²) in [6, 6.07) is 0. The zero-order valence-corrected chi connectivity index (χ0v) is 9.41. The van der Waals surface area contributed by atoms with Crippen LogP contribution in [-0.4, -0.2) is 0 Å². The number of hydrogen-bond donors (Lipinski definition) is 0. The van der Waals surface area contributed by atoms with Gasteiger partial charge in [0.2, 0.25) is 0 Å². The van der Waals surface area contributed by atoms with E-state index in [-0.39, 0.29) is 0 Å². The first-order valence-electron chi connectivity index (χ1n) is 4.77. The Morgan fingerprint density at radius 1 is 1.08 bits per heavy atom. The van der Waals surface area contributed by atoms with Gasteiger partial charge >= 0.3 is 0 Å². The standard InChI is InChI=1S/2C6H12/c1-5(2)6(3)4;1-4-6(3)5-2/h6H,1H2,2-4H3;3-5H2,1-2H3. The number of hydrogen-bond acceptors (Lipinski definition) is 0. The maximum atomic E-state index is 3.79. The summed E-state index contributed by atoms with van der Waals surface area (Å²) < 4.78 is 0. The highest BCUT2D eigenvalue weighted by molar-refractivity contribution is 4.91. The summed E-state index contributed by atoms with van der Waals surface area (Å²) in [6.45, 7) is 18.1. The first kappa shape index (κ1) is 14.0. The van der Waals surface area contributed by atoms with Crippen molar-refractivity contribution < 1.29 is 0 Å². The highest BCUT2D eigenvalue weighted by Gasteiger charge is 1.87. The molecule has 0 spiro atoms. The minimum absolute atomic E-state index is 0.657. The third-order valence-corrected chi connectivity index (χ3v) is 1.99. The van der Waals surface area contributed by atoms with Crippen molar-refractivity contribution in [2.24, 2.45) is 5.92 Å². The molecule has 0 aromatic rings. The molecule has 0 aromatic carbocycles. The Hall–Kier alpha value is -0.520. The second-order valence-corrected chi connectivity index (χ2v) is 3.46. The van der Waals surface area contributed by atoms with Gasteiger partial charge in [-0.2, -0.15) is 0 Å². The Morgan fingerprint density at radius 2 is 1.33 bits per heavy atom. The molecule has 12 heavy (non-hydrogen) atoms. The molecule has 0 fully saturated rings. The predicted molar refractivity (Wildman–Crippen MR) is 59.4 cm³/mol. The van der Waals surface area contributed by atoms with Crippen LogP contribution in [0.4, 0.5) is 0 Å². The maximum absolute atomic E-state index is 3.79. The van der Waals surface area contributed by atoms with E-state index in [4.69, 9.17) is 0 Å². The topological polar surface area (TPSA) is 0 Å². The van der Waals surface area contributed by atoms with Crippen molar-refractivity contribution in [2.45, 2.75) is 47.5 Å². The van der Waals surface area contributed by atoms with Gasteiger partial charge in [0.05, 0.1) is 0 Å². The summed E-state index contributed by atoms with van der Waals surface area (Å²) in [7, 11) is 0. The summed E-state index contributed by atoms with van der Waals surface area (Å²) >= 11 is 0. The van der Waals surface area contributed by atoms with Gasteiger partial charge in [-0.05, 0) is 25.7 Å². The molecular weight excluding hydrogens is 144 g/mol. The molecule has 0 bridgehead atoms. The highest BCUT2D eigenvalue weighted by atomic mass is 13.9. The maximum Gasteiger partial charge on any atom is -0.0266 e. The SMILES string of the molecule is C=C(C)C(C)C.C=C(CC)CC. The van der Waals surface area contributed by atoms with Crippen LogP contribution in [0.25, 0.3) is 0 Å². The molecule has 0 rings (SSSR count). The fourth-order valence-electron chi connectivity index (χ4n) is 0.250. The van der Waals surface area contributed by atoms with Crippen molar-refractivity contribution in [2.75, 3.05) is 0 Å². The van der Waals surface area contributed by atoms with E-state index in [1.54, 1.807) is 0 Å². The van der Waals surface area contributed by atoms with Crippen molar-refractivity contribution in [1.29, 1.82) is 0 Å². The van der Waals surface area contributed by atoms with Crippen LogP contribution in [0.15, 0.2) is 24.3 Å². The molecule has 0 aromatic heterocycles. The van der Waals surface area contributed by atoms with Crippen molar-refractivity contribution in [3.8, 4) is 0 Å². The molecule has 0 radical (unpaired) electrons. The van der Waals surface area contributed by atoms with Gasteiger partial charge < -0.3 is 0 Å². The van der Waals surface area contributed by atoms with E-state index in [1.165, 1.54) is 11.1 Å². The second-order valence-electron chi connectivity index (χ2n) is 3.46. The fourth-order valence-corrected chi connectivity index (χ4v) is 0.250. The quantitative estimate of drug-likeness (QED) is 0.541. The lowest BCUT2D eigenvalue weighted by Crippen LogP contribution is -1.83. The van der Waals surface area contributed by atoms with E-state index in [1.807, 2.05) is 6.92 Å². The summed E-state index contributed by atoms with van der Waals surface area (Å²) in [6.07, 6.45) is 2.27. The summed E-state index contributed by atoms with van der Waals surface area (Å²) in [5.41, 5.74) is 2.60. The van der Waals surface area contributed by atoms with Crippen molar-refractivity contribution in [1.82, 2.24) is 0 Å². The van der Waals surface area contributed by atoms with Gasteiger partial charge in [-0.3, -0.25) is 0 Å². The van der Waals surface area contributed by atoms with E-state index < -0.39 is 0 Å². The van der Waals surface area contributed by atoms with Crippen molar-refractivity contribution >= 4 is 0 Å². The van der Waals surface area contributed by atoms with Crippen LogP contribution >= 0.6 is 0 Å². The molecular formula is C12H24. The van der Waals surface area contributed by atoms with Crippen LogP contribution in [-0.2, 0) is 0 Å². The van der Waals surface area contributed by atoms with E-state index in [0.29, 0.717) is 5.92 Å². The number of rotatable bonds is 3. The van der Waals surface area contributed by atoms with Crippen LogP contribution < -0.4 is 0 Å². The van der Waals surface area contributed by atoms with Crippen LogP contribution in [0.1, 0.15) is 47.5 Å². The average molecular weight is 168 g/mol. The second kappa shape index (κ2) is 8.58. The van der Waals surface area contributed by atoms with E-state index in [2.05, 4.69) is 40.9 Å². The van der Waals surface area contributed by atoms with Gasteiger partial charge in [0.1, 0.15) is 0 Å². The Balaban J connectivity index is 0. The average Bonchev–Trinajstić information content (AvgIpc) is 2.04. The Kier molecular flexibility index (Phi) is 10.0. The first-order valence-corrected chi connectivity index (χ1v) is 4.77. The lowest BCUT2D eigenvalue weighted by atomic mass is 10.1. The Bertz CT molecular complexity index is 121. The molecule has 0 aliphatic rings. The van der Waals surface area contributed by atoms with E-state index >= 15 is 0 Å². The van der Waals surface area contributed by atoms with Gasteiger partial charge in [0.25, 0.3) is 0 Å². The molecule has 0 aliphatic heterocycles. The summed E-state index contributed by atoms with van der Waals surface area (Å²) in [4.78, 5) is 0. The third kappa shape index (κ3) is 12.2. The van der Waals surface area contributed by atoms with Crippen LogP contribution in [0, 0.1) is 5.92 Å². The molecule has 72 valence electrons. The molecule has 0 amide bonds. The molecule has 0 heterocycles. The fraction of sp³-hybridized carbons (Fsp3) is 0.667. The lowest BCUT2D eigenvalue weighted by molar-refractivity contribution is 0.773. The van der Waals surface area contributed by atoms with Crippen molar-refractivity contribution in [3.63, 3.8) is 0 Å². The predicted octanol–water partition coefficient (Wildman–Crippen LogP) is 4.58.